The maximum atomic E-state index is 9.70. The number of oxime groups is 1. The zero-order valence-electron chi connectivity index (χ0n) is 12.8. The molecular formula is C17H12Cl2N4O2. The van der Waals surface area contributed by atoms with E-state index in [-0.39, 0.29) is 0 Å². The van der Waals surface area contributed by atoms with E-state index in [1.165, 1.54) is 6.33 Å². The summed E-state index contributed by atoms with van der Waals surface area (Å²) in [5, 5.41) is 18.4. The number of hydrogen-bond donors (Lipinski definition) is 1. The first kappa shape index (κ1) is 15.9. The molecule has 0 amide bonds. The first-order valence-electron chi connectivity index (χ1n) is 7.46. The molecule has 2 atom stereocenters. The second-order valence-corrected chi connectivity index (χ2v) is 6.35. The number of nitrogens with zero attached hydrogens (tertiary/aromatic N) is 4. The molecule has 1 aromatic heterocycles. The van der Waals surface area contributed by atoms with E-state index in [4.69, 9.17) is 27.9 Å². The number of benzene rings is 2. The van der Waals surface area contributed by atoms with Crippen molar-refractivity contribution in [2.45, 2.75) is 12.1 Å². The van der Waals surface area contributed by atoms with Gasteiger partial charge in [0.1, 0.15) is 30.2 Å². The summed E-state index contributed by atoms with van der Waals surface area (Å²) < 4.78 is 7.78. The summed E-state index contributed by atoms with van der Waals surface area (Å²) in [6.07, 6.45) is 2.40. The topological polar surface area (TPSA) is 72.5 Å². The number of rotatable bonds is 2. The number of hydrogen-bond acceptors (Lipinski definition) is 5. The molecule has 0 spiro atoms. The summed E-state index contributed by atoms with van der Waals surface area (Å²) in [6.45, 7) is 0. The molecule has 2 heterocycles. The van der Waals surface area contributed by atoms with Gasteiger partial charge in [0, 0.05) is 21.2 Å². The monoisotopic (exact) mass is 374 g/mol. The zero-order valence-corrected chi connectivity index (χ0v) is 14.3. The van der Waals surface area contributed by atoms with Gasteiger partial charge in [-0.25, -0.2) is 9.67 Å². The van der Waals surface area contributed by atoms with E-state index >= 15 is 0 Å². The molecule has 1 N–H and O–H groups in total. The zero-order chi connectivity index (χ0) is 17.4. The van der Waals surface area contributed by atoms with Crippen LogP contribution >= 0.6 is 23.2 Å². The Balaban J connectivity index is 1.92. The molecule has 2 aromatic carbocycles. The van der Waals surface area contributed by atoms with Crippen molar-refractivity contribution in [1.82, 2.24) is 14.8 Å². The van der Waals surface area contributed by atoms with Crippen LogP contribution in [0.5, 0.6) is 5.75 Å². The maximum Gasteiger partial charge on any atom is 0.153 e. The minimum absolute atomic E-state index is 0.420. The first-order chi connectivity index (χ1) is 12.2. The normalized spacial score (nSPS) is 21.0. The van der Waals surface area contributed by atoms with Gasteiger partial charge in [0.2, 0.25) is 0 Å². The Morgan fingerprint density at radius 3 is 2.72 bits per heavy atom. The molecule has 0 bridgehead atoms. The Kier molecular flexibility index (Phi) is 4.07. The predicted molar refractivity (Wildman–Crippen MR) is 93.7 cm³/mol. The molecule has 0 fully saturated rings. The highest BCUT2D eigenvalue weighted by Gasteiger charge is 2.40. The highest BCUT2D eigenvalue weighted by Crippen LogP contribution is 2.43. The standard InChI is InChI=1S/C17H12Cl2N4O2/c18-10-5-6-11(13(19)7-10)17-16(23-9-20-8-21-23)15(22-24)12-3-1-2-4-14(12)25-17/h1-9,16-17,24H/b22-15+. The lowest BCUT2D eigenvalue weighted by molar-refractivity contribution is 0.151. The van der Waals surface area contributed by atoms with Crippen LogP contribution in [0.15, 0.2) is 60.3 Å². The van der Waals surface area contributed by atoms with Crippen molar-refractivity contribution in [3.63, 3.8) is 0 Å². The second-order valence-electron chi connectivity index (χ2n) is 5.51. The SMILES string of the molecule is O/N=C1\c2ccccc2OC(c2ccc(Cl)cc2Cl)C1n1cncn1. The first-order valence-corrected chi connectivity index (χ1v) is 8.21. The van der Waals surface area contributed by atoms with E-state index in [9.17, 15) is 5.21 Å². The molecule has 25 heavy (non-hydrogen) atoms. The fourth-order valence-electron chi connectivity index (χ4n) is 2.99. The van der Waals surface area contributed by atoms with E-state index in [2.05, 4.69) is 15.2 Å². The maximum absolute atomic E-state index is 9.70. The van der Waals surface area contributed by atoms with Crippen LogP contribution in [0.1, 0.15) is 23.3 Å². The van der Waals surface area contributed by atoms with Crippen molar-refractivity contribution in [2.75, 3.05) is 0 Å². The van der Waals surface area contributed by atoms with Crippen molar-refractivity contribution in [3.05, 3.63) is 76.3 Å². The molecule has 3 aromatic rings. The fourth-order valence-corrected chi connectivity index (χ4v) is 3.50. The van der Waals surface area contributed by atoms with Gasteiger partial charge in [0.15, 0.2) is 6.10 Å². The predicted octanol–water partition coefficient (Wildman–Crippen LogP) is 4.14. The van der Waals surface area contributed by atoms with Crippen molar-refractivity contribution in [1.29, 1.82) is 0 Å². The number of para-hydroxylation sites is 1. The summed E-state index contributed by atoms with van der Waals surface area (Å²) in [4.78, 5) is 3.99. The lowest BCUT2D eigenvalue weighted by Gasteiger charge is -2.34. The minimum atomic E-state index is -0.563. The molecule has 1 aliphatic heterocycles. The van der Waals surface area contributed by atoms with Crippen LogP contribution in [-0.4, -0.2) is 25.7 Å². The Hall–Kier alpha value is -2.57. The lowest BCUT2D eigenvalue weighted by Crippen LogP contribution is -2.35. The number of halogens is 2. The van der Waals surface area contributed by atoms with Crippen LogP contribution in [0.3, 0.4) is 0 Å². The highest BCUT2D eigenvalue weighted by molar-refractivity contribution is 6.35. The van der Waals surface area contributed by atoms with E-state index in [0.29, 0.717) is 32.6 Å². The molecule has 0 aliphatic carbocycles. The summed E-state index contributed by atoms with van der Waals surface area (Å²) in [5.74, 6) is 0.600. The van der Waals surface area contributed by atoms with Crippen LogP contribution in [0.2, 0.25) is 10.0 Å². The summed E-state index contributed by atoms with van der Waals surface area (Å²) in [7, 11) is 0. The molecule has 8 heteroatoms. The second kappa shape index (κ2) is 6.38. The third kappa shape index (κ3) is 2.73. The van der Waals surface area contributed by atoms with E-state index < -0.39 is 12.1 Å². The van der Waals surface area contributed by atoms with Crippen LogP contribution in [-0.2, 0) is 0 Å². The number of aromatic nitrogens is 3. The molecule has 126 valence electrons. The highest BCUT2D eigenvalue weighted by atomic mass is 35.5. The molecule has 0 radical (unpaired) electrons. The van der Waals surface area contributed by atoms with Crippen molar-refractivity contribution >= 4 is 28.9 Å². The van der Waals surface area contributed by atoms with Gasteiger partial charge in [-0.05, 0) is 24.3 Å². The molecule has 4 rings (SSSR count). The van der Waals surface area contributed by atoms with Gasteiger partial charge in [-0.1, -0.05) is 46.6 Å². The van der Waals surface area contributed by atoms with Crippen molar-refractivity contribution in [3.8, 4) is 5.75 Å². The third-order valence-corrected chi connectivity index (χ3v) is 4.64. The lowest BCUT2D eigenvalue weighted by atomic mass is 9.91. The van der Waals surface area contributed by atoms with Gasteiger partial charge in [0.05, 0.1) is 0 Å². The van der Waals surface area contributed by atoms with Gasteiger partial charge in [-0.15, -0.1) is 0 Å². The van der Waals surface area contributed by atoms with Gasteiger partial charge in [0.25, 0.3) is 0 Å². The molecule has 0 saturated carbocycles. The van der Waals surface area contributed by atoms with E-state index in [1.54, 1.807) is 29.2 Å². The van der Waals surface area contributed by atoms with E-state index in [0.717, 1.165) is 0 Å². The molecule has 2 unspecified atom stereocenters. The number of fused-ring (bicyclic) bond motifs is 1. The van der Waals surface area contributed by atoms with Gasteiger partial charge >= 0.3 is 0 Å². The Labute approximate surface area is 153 Å². The van der Waals surface area contributed by atoms with Crippen LogP contribution in [0.25, 0.3) is 0 Å². The molecule has 1 aliphatic rings. The largest absolute Gasteiger partial charge is 0.482 e. The average Bonchev–Trinajstić information content (AvgIpc) is 3.14. The summed E-state index contributed by atoms with van der Waals surface area (Å²) in [6, 6.07) is 12.0. The summed E-state index contributed by atoms with van der Waals surface area (Å²) in [5.41, 5.74) is 1.82. The third-order valence-electron chi connectivity index (χ3n) is 4.08. The quantitative estimate of drug-likeness (QED) is 0.540. The van der Waals surface area contributed by atoms with Crippen LogP contribution in [0.4, 0.5) is 0 Å². The van der Waals surface area contributed by atoms with Gasteiger partial charge in [-0.2, -0.15) is 5.10 Å². The number of ether oxygens (including phenoxy) is 1. The Bertz CT molecular complexity index is 944. The average molecular weight is 375 g/mol. The van der Waals surface area contributed by atoms with Gasteiger partial charge < -0.3 is 9.94 Å². The molecule has 0 saturated heterocycles. The van der Waals surface area contributed by atoms with Crippen molar-refractivity contribution in [2.24, 2.45) is 5.16 Å². The summed E-state index contributed by atoms with van der Waals surface area (Å²) >= 11 is 12.4. The minimum Gasteiger partial charge on any atom is -0.482 e. The smallest absolute Gasteiger partial charge is 0.153 e. The Morgan fingerprint density at radius 2 is 2.00 bits per heavy atom. The van der Waals surface area contributed by atoms with Crippen LogP contribution in [0, 0.1) is 0 Å². The molecular weight excluding hydrogens is 363 g/mol. The Morgan fingerprint density at radius 1 is 1.16 bits per heavy atom. The van der Waals surface area contributed by atoms with E-state index in [1.807, 2.05) is 24.3 Å². The van der Waals surface area contributed by atoms with Crippen molar-refractivity contribution < 1.29 is 9.94 Å². The molecule has 6 nitrogen and oxygen atoms in total. The fraction of sp³-hybridized carbons (Fsp3) is 0.118. The van der Waals surface area contributed by atoms with Gasteiger partial charge in [-0.3, -0.25) is 0 Å². The van der Waals surface area contributed by atoms with Crippen LogP contribution < -0.4 is 4.74 Å².